The van der Waals surface area contributed by atoms with E-state index in [4.69, 9.17) is 0 Å². The van der Waals surface area contributed by atoms with Crippen LogP contribution in [0, 0.1) is 0 Å². The van der Waals surface area contributed by atoms with E-state index >= 15 is 0 Å². The molecule has 0 aliphatic carbocycles. The highest BCUT2D eigenvalue weighted by Gasteiger charge is 2.31. The van der Waals surface area contributed by atoms with Crippen LogP contribution in [0.25, 0.3) is 10.9 Å². The number of rotatable bonds is 3. The molecular formula is C18H23N5O3. The molecule has 2 N–H and O–H groups in total. The first kappa shape index (κ1) is 17.0. The second-order valence-corrected chi connectivity index (χ2v) is 6.96. The van der Waals surface area contributed by atoms with Gasteiger partial charge in [0.2, 0.25) is 11.8 Å². The number of benzene rings is 1. The van der Waals surface area contributed by atoms with Crippen LogP contribution in [0.1, 0.15) is 24.5 Å². The number of amides is 2. The summed E-state index contributed by atoms with van der Waals surface area (Å²) in [7, 11) is 1.88. The molecule has 1 atom stereocenters. The van der Waals surface area contributed by atoms with Gasteiger partial charge >= 0.3 is 0 Å². The standard InChI is InChI=1S/C18H23N5O3/c1-21-15-10-12(23-8-6-22(11-24)7-9-23)2-3-13(15)17(20-21)14-4-5-16(25)19-18(14)26/h2-3,10,14,24H,4-9,11H2,1H3,(H,19,25,26). The van der Waals surface area contributed by atoms with Crippen molar-refractivity contribution in [2.24, 2.45) is 7.05 Å². The van der Waals surface area contributed by atoms with Crippen LogP contribution in [0.3, 0.4) is 0 Å². The lowest BCUT2D eigenvalue weighted by molar-refractivity contribution is -0.134. The number of hydrogen-bond donors (Lipinski definition) is 2. The van der Waals surface area contributed by atoms with E-state index in [9.17, 15) is 14.7 Å². The molecule has 1 aromatic heterocycles. The molecule has 2 aliphatic heterocycles. The van der Waals surface area contributed by atoms with E-state index < -0.39 is 0 Å². The maximum atomic E-state index is 12.2. The lowest BCUT2D eigenvalue weighted by Crippen LogP contribution is -2.46. The Kier molecular flexibility index (Phi) is 4.37. The molecule has 0 spiro atoms. The van der Waals surface area contributed by atoms with Crippen LogP contribution in [0.15, 0.2) is 18.2 Å². The van der Waals surface area contributed by atoms with Gasteiger partial charge in [-0.3, -0.25) is 24.5 Å². The Hall–Kier alpha value is -2.45. The predicted octanol–water partition coefficient (Wildman–Crippen LogP) is 0.165. The Morgan fingerprint density at radius 3 is 2.69 bits per heavy atom. The maximum Gasteiger partial charge on any atom is 0.235 e. The minimum atomic E-state index is -0.379. The van der Waals surface area contributed by atoms with Crippen LogP contribution >= 0.6 is 0 Å². The van der Waals surface area contributed by atoms with E-state index in [-0.39, 0.29) is 24.5 Å². The Labute approximate surface area is 151 Å². The van der Waals surface area contributed by atoms with Gasteiger partial charge in [-0.25, -0.2) is 0 Å². The first-order valence-corrected chi connectivity index (χ1v) is 8.95. The molecule has 1 unspecified atom stereocenters. The number of piperazine rings is 1. The Morgan fingerprint density at radius 2 is 2.00 bits per heavy atom. The van der Waals surface area contributed by atoms with E-state index in [0.29, 0.717) is 12.8 Å². The smallest absolute Gasteiger partial charge is 0.235 e. The number of nitrogens with one attached hydrogen (secondary N) is 1. The predicted molar refractivity (Wildman–Crippen MR) is 96.7 cm³/mol. The third kappa shape index (κ3) is 2.95. The van der Waals surface area contributed by atoms with Gasteiger partial charge in [-0.2, -0.15) is 5.10 Å². The van der Waals surface area contributed by atoms with Gasteiger partial charge in [-0.15, -0.1) is 0 Å². The zero-order valence-corrected chi connectivity index (χ0v) is 14.8. The number of aliphatic hydroxyl groups excluding tert-OH is 1. The molecule has 2 amide bonds. The fourth-order valence-corrected chi connectivity index (χ4v) is 3.83. The van der Waals surface area contributed by atoms with Crippen molar-refractivity contribution in [2.75, 3.05) is 37.8 Å². The number of piperidine rings is 1. The number of aliphatic hydroxyl groups is 1. The molecule has 0 saturated carbocycles. The average Bonchev–Trinajstić information content (AvgIpc) is 2.98. The van der Waals surface area contributed by atoms with Crippen LogP contribution in [-0.4, -0.2) is 64.5 Å². The lowest BCUT2D eigenvalue weighted by atomic mass is 9.93. The van der Waals surface area contributed by atoms with Crippen molar-refractivity contribution >= 4 is 28.4 Å². The number of carbonyl (C=O) groups is 2. The van der Waals surface area contributed by atoms with Gasteiger partial charge in [0.15, 0.2) is 0 Å². The highest BCUT2D eigenvalue weighted by atomic mass is 16.3. The molecule has 138 valence electrons. The number of hydrogen-bond acceptors (Lipinski definition) is 6. The normalized spacial score (nSPS) is 22.1. The highest BCUT2D eigenvalue weighted by Crippen LogP contribution is 2.32. The third-order valence-electron chi connectivity index (χ3n) is 5.37. The van der Waals surface area contributed by atoms with E-state index in [0.717, 1.165) is 48.5 Å². The number of imide groups is 1. The topological polar surface area (TPSA) is 90.7 Å². The summed E-state index contributed by atoms with van der Waals surface area (Å²) in [5, 5.41) is 17.2. The molecule has 0 radical (unpaired) electrons. The molecule has 26 heavy (non-hydrogen) atoms. The third-order valence-corrected chi connectivity index (χ3v) is 5.37. The summed E-state index contributed by atoms with van der Waals surface area (Å²) in [5.41, 5.74) is 2.84. The van der Waals surface area contributed by atoms with Gasteiger partial charge in [-0.05, 0) is 24.6 Å². The SMILES string of the molecule is Cn1nc(C2CCC(=O)NC2=O)c2ccc(N3CCN(CO)CC3)cc21. The zero-order chi connectivity index (χ0) is 18.3. The number of anilines is 1. The minimum absolute atomic E-state index is 0.101. The van der Waals surface area contributed by atoms with Crippen LogP contribution in [0.4, 0.5) is 5.69 Å². The van der Waals surface area contributed by atoms with Gasteiger partial charge < -0.3 is 10.0 Å². The number of carbonyl (C=O) groups excluding carboxylic acids is 2. The summed E-state index contributed by atoms with van der Waals surface area (Å²) in [6.07, 6.45) is 0.851. The summed E-state index contributed by atoms with van der Waals surface area (Å²) in [4.78, 5) is 27.9. The molecule has 8 nitrogen and oxygen atoms in total. The lowest BCUT2D eigenvalue weighted by Gasteiger charge is -2.35. The van der Waals surface area contributed by atoms with Gasteiger partial charge in [0, 0.05) is 50.7 Å². The second-order valence-electron chi connectivity index (χ2n) is 6.96. The van der Waals surface area contributed by atoms with Gasteiger partial charge in [0.25, 0.3) is 0 Å². The van der Waals surface area contributed by atoms with Crippen molar-refractivity contribution in [3.8, 4) is 0 Å². The monoisotopic (exact) mass is 357 g/mol. The number of nitrogens with zero attached hydrogens (tertiary/aromatic N) is 4. The van der Waals surface area contributed by atoms with E-state index in [1.54, 1.807) is 0 Å². The molecule has 0 bridgehead atoms. The van der Waals surface area contributed by atoms with E-state index in [1.807, 2.05) is 22.7 Å². The molecule has 2 aliphatic rings. The van der Waals surface area contributed by atoms with E-state index in [1.165, 1.54) is 0 Å². The largest absolute Gasteiger partial charge is 0.381 e. The van der Waals surface area contributed by atoms with Gasteiger partial charge in [0.05, 0.1) is 23.9 Å². The van der Waals surface area contributed by atoms with Gasteiger partial charge in [0.1, 0.15) is 0 Å². The summed E-state index contributed by atoms with van der Waals surface area (Å²) in [6, 6.07) is 6.19. The fraction of sp³-hybridized carbons (Fsp3) is 0.500. The van der Waals surface area contributed by atoms with Crippen LogP contribution in [0.5, 0.6) is 0 Å². The molecular weight excluding hydrogens is 334 g/mol. The van der Waals surface area contributed by atoms with Crippen molar-refractivity contribution < 1.29 is 14.7 Å². The Bertz CT molecular complexity index is 854. The highest BCUT2D eigenvalue weighted by molar-refractivity contribution is 6.02. The van der Waals surface area contributed by atoms with Crippen molar-refractivity contribution in [2.45, 2.75) is 18.8 Å². The maximum absolute atomic E-state index is 12.2. The van der Waals surface area contributed by atoms with Crippen LogP contribution in [0.2, 0.25) is 0 Å². The Balaban J connectivity index is 1.63. The molecule has 2 fully saturated rings. The number of aryl methyl sites for hydroxylation is 1. The van der Waals surface area contributed by atoms with Crippen molar-refractivity contribution in [1.29, 1.82) is 0 Å². The molecule has 4 rings (SSSR count). The average molecular weight is 357 g/mol. The van der Waals surface area contributed by atoms with E-state index in [2.05, 4.69) is 27.4 Å². The second kappa shape index (κ2) is 6.69. The zero-order valence-electron chi connectivity index (χ0n) is 14.8. The quantitative estimate of drug-likeness (QED) is 0.761. The van der Waals surface area contributed by atoms with Crippen molar-refractivity contribution in [3.63, 3.8) is 0 Å². The number of aromatic nitrogens is 2. The van der Waals surface area contributed by atoms with Crippen molar-refractivity contribution in [1.82, 2.24) is 20.0 Å². The van der Waals surface area contributed by atoms with Crippen LogP contribution in [-0.2, 0) is 16.6 Å². The molecule has 2 aromatic rings. The number of fused-ring (bicyclic) bond motifs is 1. The molecule has 8 heteroatoms. The Morgan fingerprint density at radius 1 is 1.23 bits per heavy atom. The summed E-state index contributed by atoms with van der Waals surface area (Å²) < 4.78 is 1.81. The summed E-state index contributed by atoms with van der Waals surface area (Å²) in [5.74, 6) is -0.850. The first-order valence-electron chi connectivity index (χ1n) is 8.95. The summed E-state index contributed by atoms with van der Waals surface area (Å²) in [6.45, 7) is 3.50. The summed E-state index contributed by atoms with van der Waals surface area (Å²) >= 11 is 0. The van der Waals surface area contributed by atoms with Crippen LogP contribution < -0.4 is 10.2 Å². The molecule has 1 aromatic carbocycles. The molecule has 2 saturated heterocycles. The molecule has 3 heterocycles. The van der Waals surface area contributed by atoms with Gasteiger partial charge in [-0.1, -0.05) is 0 Å². The van der Waals surface area contributed by atoms with Crippen molar-refractivity contribution in [3.05, 3.63) is 23.9 Å². The first-order chi connectivity index (χ1) is 12.6. The fourth-order valence-electron chi connectivity index (χ4n) is 3.83. The minimum Gasteiger partial charge on any atom is -0.381 e.